The zero-order chi connectivity index (χ0) is 16.9. The summed E-state index contributed by atoms with van der Waals surface area (Å²) < 4.78 is 0. The fraction of sp³-hybridized carbons (Fsp3) is 0.650. The smallest absolute Gasteiger partial charge is 0.224 e. The Morgan fingerprint density at radius 1 is 1.42 bits per heavy atom. The summed E-state index contributed by atoms with van der Waals surface area (Å²) in [5.41, 5.74) is 3.70. The third-order valence-electron chi connectivity index (χ3n) is 5.51. The van der Waals surface area contributed by atoms with Gasteiger partial charge in [-0.1, -0.05) is 26.0 Å². The maximum Gasteiger partial charge on any atom is 0.224 e. The maximum absolute atomic E-state index is 12.5. The van der Waals surface area contributed by atoms with E-state index in [9.17, 15) is 4.79 Å². The van der Waals surface area contributed by atoms with Crippen LogP contribution in [0.15, 0.2) is 18.2 Å². The molecule has 2 aliphatic heterocycles. The molecule has 1 aromatic rings. The van der Waals surface area contributed by atoms with Gasteiger partial charge in [-0.05, 0) is 67.9 Å². The molecule has 0 aliphatic carbocycles. The Kier molecular flexibility index (Phi) is 5.90. The largest absolute Gasteiger partial charge is 0.326 e. The van der Waals surface area contributed by atoms with Crippen molar-refractivity contribution in [2.24, 2.45) is 11.8 Å². The predicted molar refractivity (Wildman–Crippen MR) is 98.9 cm³/mol. The molecule has 1 aromatic carbocycles. The van der Waals surface area contributed by atoms with Crippen molar-refractivity contribution in [1.82, 2.24) is 10.2 Å². The van der Waals surface area contributed by atoms with Crippen LogP contribution in [-0.4, -0.2) is 30.4 Å². The van der Waals surface area contributed by atoms with Gasteiger partial charge in [-0.15, -0.1) is 0 Å². The van der Waals surface area contributed by atoms with E-state index in [4.69, 9.17) is 0 Å². The number of carbonyl (C=O) groups excluding carboxylic acids is 1. The molecule has 1 saturated heterocycles. The number of rotatable bonds is 6. The van der Waals surface area contributed by atoms with Gasteiger partial charge in [0.15, 0.2) is 0 Å². The van der Waals surface area contributed by atoms with Crippen molar-refractivity contribution >= 4 is 11.6 Å². The molecule has 4 nitrogen and oxygen atoms in total. The molecule has 1 fully saturated rings. The highest BCUT2D eigenvalue weighted by Crippen LogP contribution is 2.30. The zero-order valence-corrected chi connectivity index (χ0v) is 15.1. The minimum Gasteiger partial charge on any atom is -0.326 e. The number of benzene rings is 1. The fourth-order valence-corrected chi connectivity index (χ4v) is 4.11. The van der Waals surface area contributed by atoms with Crippen molar-refractivity contribution in [3.05, 3.63) is 29.3 Å². The van der Waals surface area contributed by atoms with E-state index < -0.39 is 0 Å². The van der Waals surface area contributed by atoms with Gasteiger partial charge in [-0.25, -0.2) is 0 Å². The van der Waals surface area contributed by atoms with Gasteiger partial charge in [0.1, 0.15) is 0 Å². The van der Waals surface area contributed by atoms with Gasteiger partial charge in [0.25, 0.3) is 0 Å². The second-order valence-corrected chi connectivity index (χ2v) is 7.49. The number of nitrogens with zero attached hydrogens (tertiary/aromatic N) is 1. The SMILES string of the molecule is CCCN1Cc2cccc(NC(=O)CC(C)C3CCCNC3)c2C1. The Bertz CT molecular complexity index is 566. The molecule has 0 radical (unpaired) electrons. The van der Waals surface area contributed by atoms with Crippen LogP contribution in [0, 0.1) is 11.8 Å². The molecule has 2 atom stereocenters. The monoisotopic (exact) mass is 329 g/mol. The third kappa shape index (κ3) is 4.17. The molecule has 3 rings (SSSR count). The highest BCUT2D eigenvalue weighted by Gasteiger charge is 2.24. The van der Waals surface area contributed by atoms with Crippen LogP contribution in [0.5, 0.6) is 0 Å². The number of fused-ring (bicyclic) bond motifs is 1. The Hall–Kier alpha value is -1.39. The topological polar surface area (TPSA) is 44.4 Å². The molecule has 0 aromatic heterocycles. The molecule has 24 heavy (non-hydrogen) atoms. The van der Waals surface area contributed by atoms with Crippen molar-refractivity contribution < 1.29 is 4.79 Å². The third-order valence-corrected chi connectivity index (χ3v) is 5.51. The number of carbonyl (C=O) groups is 1. The highest BCUT2D eigenvalue weighted by atomic mass is 16.1. The van der Waals surface area contributed by atoms with Crippen LogP contribution in [0.2, 0.25) is 0 Å². The summed E-state index contributed by atoms with van der Waals surface area (Å²) in [6.45, 7) is 9.70. The Balaban J connectivity index is 1.58. The zero-order valence-electron chi connectivity index (χ0n) is 15.1. The first-order chi connectivity index (χ1) is 11.7. The van der Waals surface area contributed by atoms with Crippen molar-refractivity contribution in [2.45, 2.75) is 52.6 Å². The minimum atomic E-state index is 0.162. The molecule has 2 N–H and O–H groups in total. The Morgan fingerprint density at radius 3 is 3.04 bits per heavy atom. The van der Waals surface area contributed by atoms with Crippen molar-refractivity contribution in [2.75, 3.05) is 25.0 Å². The Morgan fingerprint density at radius 2 is 2.29 bits per heavy atom. The lowest BCUT2D eigenvalue weighted by atomic mass is 9.85. The molecule has 0 saturated carbocycles. The molecule has 2 unspecified atom stereocenters. The average molecular weight is 329 g/mol. The quantitative estimate of drug-likeness (QED) is 0.841. The van der Waals surface area contributed by atoms with E-state index in [1.807, 2.05) is 0 Å². The standard InChI is InChI=1S/C20H31N3O/c1-3-10-23-13-17-6-4-8-19(18(17)14-23)22-20(24)11-15(2)16-7-5-9-21-12-16/h4,6,8,15-16,21H,3,5,7,9-14H2,1-2H3,(H,22,24). The van der Waals surface area contributed by atoms with Crippen LogP contribution < -0.4 is 10.6 Å². The van der Waals surface area contributed by atoms with Crippen LogP contribution in [0.4, 0.5) is 5.69 Å². The van der Waals surface area contributed by atoms with Gasteiger partial charge in [-0.3, -0.25) is 9.69 Å². The lowest BCUT2D eigenvalue weighted by molar-refractivity contribution is -0.117. The van der Waals surface area contributed by atoms with Gasteiger partial charge in [-0.2, -0.15) is 0 Å². The van der Waals surface area contributed by atoms with E-state index in [0.717, 1.165) is 38.4 Å². The van der Waals surface area contributed by atoms with Crippen LogP contribution >= 0.6 is 0 Å². The maximum atomic E-state index is 12.5. The molecule has 0 bridgehead atoms. The van der Waals surface area contributed by atoms with Gasteiger partial charge in [0.2, 0.25) is 5.91 Å². The van der Waals surface area contributed by atoms with Crippen LogP contribution in [0.1, 0.15) is 50.7 Å². The first kappa shape index (κ1) is 17.4. The molecular formula is C20H31N3O. The summed E-state index contributed by atoms with van der Waals surface area (Å²) in [4.78, 5) is 15.0. The predicted octanol–water partition coefficient (Wildman–Crippen LogP) is 3.38. The lowest BCUT2D eigenvalue weighted by Crippen LogP contribution is -2.34. The summed E-state index contributed by atoms with van der Waals surface area (Å²) in [5.74, 6) is 1.23. The van der Waals surface area contributed by atoms with Gasteiger partial charge < -0.3 is 10.6 Å². The number of hydrogen-bond acceptors (Lipinski definition) is 3. The van der Waals surface area contributed by atoms with Crippen LogP contribution in [0.25, 0.3) is 0 Å². The second kappa shape index (κ2) is 8.13. The fourth-order valence-electron chi connectivity index (χ4n) is 4.11. The average Bonchev–Trinajstić information content (AvgIpc) is 2.99. The normalized spacial score (nSPS) is 22.2. The second-order valence-electron chi connectivity index (χ2n) is 7.49. The molecule has 132 valence electrons. The molecular weight excluding hydrogens is 298 g/mol. The summed E-state index contributed by atoms with van der Waals surface area (Å²) in [6.07, 6.45) is 4.27. The van der Waals surface area contributed by atoms with E-state index in [-0.39, 0.29) is 5.91 Å². The number of piperidine rings is 1. The minimum absolute atomic E-state index is 0.162. The van der Waals surface area contributed by atoms with Crippen LogP contribution in [0.3, 0.4) is 0 Å². The molecule has 0 spiro atoms. The molecule has 2 heterocycles. The summed E-state index contributed by atoms with van der Waals surface area (Å²) in [6, 6.07) is 6.31. The Labute approximate surface area is 146 Å². The molecule has 4 heteroatoms. The van der Waals surface area contributed by atoms with Crippen molar-refractivity contribution in [3.8, 4) is 0 Å². The van der Waals surface area contributed by atoms with E-state index in [1.54, 1.807) is 0 Å². The van der Waals surface area contributed by atoms with Crippen molar-refractivity contribution in [3.63, 3.8) is 0 Å². The number of nitrogens with one attached hydrogen (secondary N) is 2. The summed E-state index contributed by atoms with van der Waals surface area (Å²) in [7, 11) is 0. The van der Waals surface area contributed by atoms with E-state index in [2.05, 4.69) is 47.6 Å². The first-order valence-electron chi connectivity index (χ1n) is 9.51. The van der Waals surface area contributed by atoms with Crippen molar-refractivity contribution in [1.29, 1.82) is 0 Å². The van der Waals surface area contributed by atoms with Gasteiger partial charge >= 0.3 is 0 Å². The van der Waals surface area contributed by atoms with E-state index in [1.165, 1.54) is 30.4 Å². The first-order valence-corrected chi connectivity index (χ1v) is 9.51. The summed E-state index contributed by atoms with van der Waals surface area (Å²) >= 11 is 0. The summed E-state index contributed by atoms with van der Waals surface area (Å²) in [5, 5.41) is 6.64. The number of amides is 1. The molecule has 2 aliphatic rings. The van der Waals surface area contributed by atoms with Crippen LogP contribution in [-0.2, 0) is 17.9 Å². The van der Waals surface area contributed by atoms with E-state index in [0.29, 0.717) is 18.3 Å². The van der Waals surface area contributed by atoms with E-state index >= 15 is 0 Å². The van der Waals surface area contributed by atoms with Gasteiger partial charge in [0.05, 0.1) is 0 Å². The van der Waals surface area contributed by atoms with Gasteiger partial charge in [0, 0.05) is 25.2 Å². The number of hydrogen-bond donors (Lipinski definition) is 2. The number of anilines is 1. The highest BCUT2D eigenvalue weighted by molar-refractivity contribution is 5.92. The molecule has 1 amide bonds. The lowest BCUT2D eigenvalue weighted by Gasteiger charge is -2.28.